The molecule has 0 atom stereocenters. The number of pyridine rings is 1. The van der Waals surface area contributed by atoms with Gasteiger partial charge >= 0.3 is 0 Å². The molecule has 0 unspecified atom stereocenters. The molecule has 20 heavy (non-hydrogen) atoms. The average molecular weight is 284 g/mol. The van der Waals surface area contributed by atoms with Crippen LogP contribution in [-0.2, 0) is 0 Å². The molecule has 0 aliphatic carbocycles. The molecular formula is C14H10ClN5. The molecule has 0 radical (unpaired) electrons. The first-order chi connectivity index (χ1) is 9.60. The SMILES string of the molecule is Cc1cnc2c(c1)nc(N)n2-c1ccc(C#N)cc1Cl. The summed E-state index contributed by atoms with van der Waals surface area (Å²) in [6, 6.07) is 8.96. The molecule has 2 aromatic heterocycles. The minimum atomic E-state index is 0.310. The number of nitrogen functional groups attached to an aromatic ring is 1. The van der Waals surface area contributed by atoms with E-state index in [1.54, 1.807) is 29.0 Å². The molecule has 0 amide bonds. The molecule has 1 aromatic carbocycles. The molecule has 0 aliphatic rings. The van der Waals surface area contributed by atoms with Gasteiger partial charge in [-0.25, -0.2) is 9.97 Å². The van der Waals surface area contributed by atoms with Gasteiger partial charge in [-0.1, -0.05) is 11.6 Å². The van der Waals surface area contributed by atoms with Crippen molar-refractivity contribution in [2.45, 2.75) is 6.92 Å². The van der Waals surface area contributed by atoms with Crippen LogP contribution < -0.4 is 5.73 Å². The van der Waals surface area contributed by atoms with E-state index in [4.69, 9.17) is 22.6 Å². The Balaban J connectivity index is 2.30. The number of nitrogens with two attached hydrogens (primary N) is 1. The molecule has 6 heteroatoms. The van der Waals surface area contributed by atoms with Crippen molar-refractivity contribution in [3.63, 3.8) is 0 Å². The molecule has 0 saturated heterocycles. The Morgan fingerprint density at radius 3 is 2.85 bits per heavy atom. The van der Waals surface area contributed by atoms with Gasteiger partial charge in [0, 0.05) is 6.20 Å². The summed E-state index contributed by atoms with van der Waals surface area (Å²) in [5, 5.41) is 9.30. The Kier molecular flexibility index (Phi) is 2.81. The number of fused-ring (bicyclic) bond motifs is 1. The number of nitrogens with zero attached hydrogens (tertiary/aromatic N) is 4. The number of imidazole rings is 1. The third kappa shape index (κ3) is 1.87. The van der Waals surface area contributed by atoms with Crippen LogP contribution in [-0.4, -0.2) is 14.5 Å². The fourth-order valence-corrected chi connectivity index (χ4v) is 2.34. The van der Waals surface area contributed by atoms with Crippen molar-refractivity contribution in [2.24, 2.45) is 0 Å². The summed E-state index contributed by atoms with van der Waals surface area (Å²) >= 11 is 6.22. The lowest BCUT2D eigenvalue weighted by Crippen LogP contribution is -2.02. The minimum absolute atomic E-state index is 0.310. The molecule has 5 nitrogen and oxygen atoms in total. The van der Waals surface area contributed by atoms with Gasteiger partial charge in [0.1, 0.15) is 5.52 Å². The predicted molar refractivity (Wildman–Crippen MR) is 77.7 cm³/mol. The van der Waals surface area contributed by atoms with Crippen LogP contribution in [0.2, 0.25) is 5.02 Å². The molecule has 0 aliphatic heterocycles. The smallest absolute Gasteiger partial charge is 0.207 e. The van der Waals surface area contributed by atoms with Gasteiger partial charge in [-0.3, -0.25) is 4.57 Å². The van der Waals surface area contributed by atoms with Gasteiger partial charge in [-0.15, -0.1) is 0 Å². The lowest BCUT2D eigenvalue weighted by Gasteiger charge is -2.08. The van der Waals surface area contributed by atoms with Crippen LogP contribution >= 0.6 is 11.6 Å². The number of nitriles is 1. The maximum atomic E-state index is 8.88. The second-order valence-electron chi connectivity index (χ2n) is 4.44. The van der Waals surface area contributed by atoms with Gasteiger partial charge in [-0.05, 0) is 36.8 Å². The van der Waals surface area contributed by atoms with Gasteiger partial charge < -0.3 is 5.73 Å². The average Bonchev–Trinajstić information content (AvgIpc) is 2.73. The number of hydrogen-bond donors (Lipinski definition) is 1. The van der Waals surface area contributed by atoms with Crippen LogP contribution in [0.5, 0.6) is 0 Å². The highest BCUT2D eigenvalue weighted by atomic mass is 35.5. The first kappa shape index (κ1) is 12.5. The number of rotatable bonds is 1. The predicted octanol–water partition coefficient (Wildman–Crippen LogP) is 2.84. The number of halogens is 1. The van der Waals surface area contributed by atoms with Crippen LogP contribution in [0.25, 0.3) is 16.9 Å². The zero-order valence-electron chi connectivity index (χ0n) is 10.6. The van der Waals surface area contributed by atoms with Crippen molar-refractivity contribution in [3.8, 4) is 11.8 Å². The molecule has 2 heterocycles. The Bertz CT molecular complexity index is 860. The fraction of sp³-hybridized carbons (Fsp3) is 0.0714. The molecule has 0 spiro atoms. The zero-order valence-corrected chi connectivity index (χ0v) is 11.4. The second kappa shape index (κ2) is 4.51. The summed E-state index contributed by atoms with van der Waals surface area (Å²) in [7, 11) is 0. The second-order valence-corrected chi connectivity index (χ2v) is 4.85. The van der Waals surface area contributed by atoms with E-state index in [0.29, 0.717) is 33.4 Å². The summed E-state index contributed by atoms with van der Waals surface area (Å²) in [6.45, 7) is 1.94. The van der Waals surface area contributed by atoms with Crippen LogP contribution in [0, 0.1) is 18.3 Å². The quantitative estimate of drug-likeness (QED) is 0.744. The molecule has 98 valence electrons. The Labute approximate surface area is 120 Å². The monoisotopic (exact) mass is 283 g/mol. The van der Waals surface area contributed by atoms with E-state index < -0.39 is 0 Å². The third-order valence-electron chi connectivity index (χ3n) is 2.98. The van der Waals surface area contributed by atoms with E-state index in [1.165, 1.54) is 0 Å². The third-order valence-corrected chi connectivity index (χ3v) is 3.28. The van der Waals surface area contributed by atoms with Gasteiger partial charge in [0.05, 0.1) is 22.3 Å². The van der Waals surface area contributed by atoms with Crippen molar-refractivity contribution in [1.29, 1.82) is 5.26 Å². The van der Waals surface area contributed by atoms with E-state index in [-0.39, 0.29) is 0 Å². The highest BCUT2D eigenvalue weighted by Crippen LogP contribution is 2.28. The van der Waals surface area contributed by atoms with Crippen LogP contribution in [0.1, 0.15) is 11.1 Å². The fourth-order valence-electron chi connectivity index (χ4n) is 2.08. The highest BCUT2D eigenvalue weighted by molar-refractivity contribution is 6.32. The van der Waals surface area contributed by atoms with E-state index in [2.05, 4.69) is 9.97 Å². The summed E-state index contributed by atoms with van der Waals surface area (Å²) in [5.74, 6) is 0.310. The molecule has 2 N–H and O–H groups in total. The number of aryl methyl sites for hydroxylation is 1. The van der Waals surface area contributed by atoms with E-state index >= 15 is 0 Å². The van der Waals surface area contributed by atoms with E-state index in [0.717, 1.165) is 5.56 Å². The molecular weight excluding hydrogens is 274 g/mol. The van der Waals surface area contributed by atoms with Crippen molar-refractivity contribution in [2.75, 3.05) is 5.73 Å². The zero-order chi connectivity index (χ0) is 14.3. The number of hydrogen-bond acceptors (Lipinski definition) is 4. The Morgan fingerprint density at radius 2 is 2.15 bits per heavy atom. The van der Waals surface area contributed by atoms with E-state index in [9.17, 15) is 0 Å². The number of anilines is 1. The largest absolute Gasteiger partial charge is 0.369 e. The first-order valence-corrected chi connectivity index (χ1v) is 6.28. The summed E-state index contributed by atoms with van der Waals surface area (Å²) in [4.78, 5) is 8.65. The topological polar surface area (TPSA) is 80.5 Å². The molecule has 0 saturated carbocycles. The van der Waals surface area contributed by atoms with E-state index in [1.807, 2.05) is 19.1 Å². The summed E-state index contributed by atoms with van der Waals surface area (Å²) in [5.41, 5.74) is 9.47. The van der Waals surface area contributed by atoms with Crippen molar-refractivity contribution in [1.82, 2.24) is 14.5 Å². The van der Waals surface area contributed by atoms with Gasteiger partial charge in [-0.2, -0.15) is 5.26 Å². The summed E-state index contributed by atoms with van der Waals surface area (Å²) in [6.07, 6.45) is 1.75. The lowest BCUT2D eigenvalue weighted by molar-refractivity contribution is 1.08. The number of aromatic nitrogens is 3. The molecule has 0 bridgehead atoms. The Hall–Kier alpha value is -2.58. The van der Waals surface area contributed by atoms with Gasteiger partial charge in [0.2, 0.25) is 5.95 Å². The lowest BCUT2D eigenvalue weighted by atomic mass is 10.2. The molecule has 0 fully saturated rings. The maximum absolute atomic E-state index is 8.88. The number of benzene rings is 1. The standard InChI is InChI=1S/C14H10ClN5/c1-8-4-11-13(18-7-8)20(14(17)19-11)12-3-2-9(6-16)5-10(12)15/h2-5,7H,1H3,(H2,17,19). The highest BCUT2D eigenvalue weighted by Gasteiger charge is 2.14. The normalized spacial score (nSPS) is 10.7. The molecule has 3 rings (SSSR count). The van der Waals surface area contributed by atoms with Crippen LogP contribution in [0.15, 0.2) is 30.5 Å². The van der Waals surface area contributed by atoms with Crippen molar-refractivity contribution in [3.05, 3.63) is 46.6 Å². The van der Waals surface area contributed by atoms with Crippen molar-refractivity contribution < 1.29 is 0 Å². The van der Waals surface area contributed by atoms with Crippen LogP contribution in [0.3, 0.4) is 0 Å². The van der Waals surface area contributed by atoms with Gasteiger partial charge in [0.15, 0.2) is 5.65 Å². The minimum Gasteiger partial charge on any atom is -0.369 e. The maximum Gasteiger partial charge on any atom is 0.207 e. The summed E-state index contributed by atoms with van der Waals surface area (Å²) < 4.78 is 1.68. The molecule has 3 aromatic rings. The van der Waals surface area contributed by atoms with Crippen molar-refractivity contribution >= 4 is 28.7 Å². The Morgan fingerprint density at radius 1 is 1.35 bits per heavy atom. The first-order valence-electron chi connectivity index (χ1n) is 5.91. The van der Waals surface area contributed by atoms with Crippen LogP contribution in [0.4, 0.5) is 5.95 Å². The van der Waals surface area contributed by atoms with Gasteiger partial charge in [0.25, 0.3) is 0 Å².